The zero-order chi connectivity index (χ0) is 26.3. The molecular formula is C24H20F6N4S2. The lowest BCUT2D eigenvalue weighted by molar-refractivity contribution is -0.138. The number of halogens is 6. The second kappa shape index (κ2) is 11.6. The first-order valence-electron chi connectivity index (χ1n) is 10.4. The van der Waals surface area contributed by atoms with E-state index in [1.54, 1.807) is 0 Å². The minimum absolute atomic E-state index is 0.250. The van der Waals surface area contributed by atoms with Gasteiger partial charge in [-0.1, -0.05) is 24.3 Å². The van der Waals surface area contributed by atoms with Gasteiger partial charge in [0.25, 0.3) is 0 Å². The highest BCUT2D eigenvalue weighted by atomic mass is 32.1. The standard InChI is InChI=1S/C24H20F6N4S2/c25-23(26,27)17-4-8-19(9-5-17)33-21(35)31-13-15-2-1-3-16(12-15)14-32-22(36)34-20-10-6-18(7-11-20)24(28,29)30/h1-12H,13-14H2,(H2,31,33,35)(H2,32,34,36). The van der Waals surface area contributed by atoms with E-state index in [9.17, 15) is 26.3 Å². The van der Waals surface area contributed by atoms with Crippen molar-refractivity contribution in [1.29, 1.82) is 0 Å². The maximum absolute atomic E-state index is 12.7. The fourth-order valence-electron chi connectivity index (χ4n) is 3.05. The van der Waals surface area contributed by atoms with Crippen molar-refractivity contribution >= 4 is 46.0 Å². The molecular weight excluding hydrogens is 522 g/mol. The van der Waals surface area contributed by atoms with Crippen LogP contribution in [0.25, 0.3) is 0 Å². The monoisotopic (exact) mass is 542 g/mol. The summed E-state index contributed by atoms with van der Waals surface area (Å²) >= 11 is 10.4. The van der Waals surface area contributed by atoms with Crippen LogP contribution in [-0.2, 0) is 25.4 Å². The Morgan fingerprint density at radius 3 is 1.28 bits per heavy atom. The molecule has 0 saturated heterocycles. The predicted molar refractivity (Wildman–Crippen MR) is 135 cm³/mol. The van der Waals surface area contributed by atoms with Gasteiger partial charge in [-0.25, -0.2) is 0 Å². The van der Waals surface area contributed by atoms with Gasteiger partial charge < -0.3 is 21.3 Å². The Morgan fingerprint density at radius 2 is 0.944 bits per heavy atom. The van der Waals surface area contributed by atoms with Gasteiger partial charge in [0, 0.05) is 24.5 Å². The summed E-state index contributed by atoms with van der Waals surface area (Å²) in [6.07, 6.45) is -8.81. The fourth-order valence-corrected chi connectivity index (χ4v) is 3.43. The third-order valence-corrected chi connectivity index (χ3v) is 5.33. The Labute approximate surface area is 214 Å². The summed E-state index contributed by atoms with van der Waals surface area (Å²) in [4.78, 5) is 0. The third-order valence-electron chi connectivity index (χ3n) is 4.84. The number of benzene rings is 3. The number of alkyl halides is 6. The van der Waals surface area contributed by atoms with Gasteiger partial charge in [0.05, 0.1) is 11.1 Å². The predicted octanol–water partition coefficient (Wildman–Crippen LogP) is 6.70. The molecule has 0 bridgehead atoms. The van der Waals surface area contributed by atoms with Gasteiger partial charge in [-0.3, -0.25) is 0 Å². The van der Waals surface area contributed by atoms with Crippen molar-refractivity contribution < 1.29 is 26.3 Å². The molecule has 0 aromatic heterocycles. The first kappa shape index (κ1) is 27.2. The van der Waals surface area contributed by atoms with E-state index in [0.717, 1.165) is 35.4 Å². The zero-order valence-electron chi connectivity index (χ0n) is 18.4. The topological polar surface area (TPSA) is 48.1 Å². The number of hydrogen-bond acceptors (Lipinski definition) is 2. The van der Waals surface area contributed by atoms with Crippen LogP contribution in [0.15, 0.2) is 72.8 Å². The van der Waals surface area contributed by atoms with Gasteiger partial charge in [0.15, 0.2) is 10.2 Å². The number of rotatable bonds is 6. The zero-order valence-corrected chi connectivity index (χ0v) is 20.1. The maximum atomic E-state index is 12.7. The molecule has 190 valence electrons. The minimum atomic E-state index is -4.40. The average Bonchev–Trinajstić information content (AvgIpc) is 2.81. The second-order valence-electron chi connectivity index (χ2n) is 7.59. The summed E-state index contributed by atoms with van der Waals surface area (Å²) in [6.45, 7) is 0.739. The summed E-state index contributed by atoms with van der Waals surface area (Å²) in [6, 6.07) is 16.6. The first-order chi connectivity index (χ1) is 16.9. The van der Waals surface area contributed by atoms with E-state index >= 15 is 0 Å². The molecule has 0 atom stereocenters. The lowest BCUT2D eigenvalue weighted by Gasteiger charge is -2.14. The van der Waals surface area contributed by atoms with E-state index < -0.39 is 23.5 Å². The van der Waals surface area contributed by atoms with Crippen LogP contribution in [0.5, 0.6) is 0 Å². The molecule has 0 fully saturated rings. The van der Waals surface area contributed by atoms with Crippen molar-refractivity contribution in [3.05, 3.63) is 95.1 Å². The molecule has 0 saturated carbocycles. The Bertz CT molecular complexity index is 1100. The normalized spacial score (nSPS) is 11.5. The minimum Gasteiger partial charge on any atom is -0.358 e. The summed E-state index contributed by atoms with van der Waals surface area (Å²) in [7, 11) is 0. The van der Waals surface area contributed by atoms with Crippen molar-refractivity contribution in [2.24, 2.45) is 0 Å². The molecule has 4 N–H and O–H groups in total. The molecule has 0 unspecified atom stereocenters. The highest BCUT2D eigenvalue weighted by molar-refractivity contribution is 7.80. The van der Waals surface area contributed by atoms with E-state index in [1.165, 1.54) is 24.3 Å². The first-order valence-corrected chi connectivity index (χ1v) is 11.2. The van der Waals surface area contributed by atoms with Crippen molar-refractivity contribution in [3.8, 4) is 0 Å². The molecule has 3 aromatic carbocycles. The molecule has 0 spiro atoms. The van der Waals surface area contributed by atoms with Gasteiger partial charge in [-0.05, 0) is 84.1 Å². The van der Waals surface area contributed by atoms with Gasteiger partial charge in [0.1, 0.15) is 0 Å². The van der Waals surface area contributed by atoms with Crippen LogP contribution in [0.1, 0.15) is 22.3 Å². The van der Waals surface area contributed by atoms with E-state index in [4.69, 9.17) is 24.4 Å². The Hall–Kier alpha value is -3.38. The lowest BCUT2D eigenvalue weighted by Crippen LogP contribution is -2.28. The van der Waals surface area contributed by atoms with Crippen LogP contribution < -0.4 is 21.3 Å². The Balaban J connectivity index is 1.46. The Kier molecular flexibility index (Phi) is 8.75. The lowest BCUT2D eigenvalue weighted by atomic mass is 10.1. The van der Waals surface area contributed by atoms with E-state index in [0.29, 0.717) is 24.5 Å². The second-order valence-corrected chi connectivity index (χ2v) is 8.40. The van der Waals surface area contributed by atoms with Crippen LogP contribution in [0, 0.1) is 0 Å². The van der Waals surface area contributed by atoms with Crippen molar-refractivity contribution in [1.82, 2.24) is 10.6 Å². The van der Waals surface area contributed by atoms with E-state index in [2.05, 4.69) is 21.3 Å². The van der Waals surface area contributed by atoms with Crippen LogP contribution in [0.4, 0.5) is 37.7 Å². The molecule has 0 aliphatic heterocycles. The molecule has 0 amide bonds. The summed E-state index contributed by atoms with van der Waals surface area (Å²) < 4.78 is 76.0. The van der Waals surface area contributed by atoms with Crippen molar-refractivity contribution in [3.63, 3.8) is 0 Å². The fraction of sp³-hybridized carbons (Fsp3) is 0.167. The average molecular weight is 543 g/mol. The SMILES string of the molecule is FC(F)(F)c1ccc(NC(=S)NCc2cccc(CNC(=S)Nc3ccc(C(F)(F)F)cc3)c2)cc1. The van der Waals surface area contributed by atoms with Crippen molar-refractivity contribution in [2.75, 3.05) is 10.6 Å². The highest BCUT2D eigenvalue weighted by Crippen LogP contribution is 2.30. The summed E-state index contributed by atoms with van der Waals surface area (Å²) in [5, 5.41) is 12.2. The van der Waals surface area contributed by atoms with E-state index in [-0.39, 0.29) is 10.2 Å². The van der Waals surface area contributed by atoms with E-state index in [1.807, 2.05) is 24.3 Å². The number of thiocarbonyl (C=S) groups is 2. The number of hydrogen-bond donors (Lipinski definition) is 4. The van der Waals surface area contributed by atoms with Gasteiger partial charge in [-0.2, -0.15) is 26.3 Å². The molecule has 3 aromatic rings. The third kappa shape index (κ3) is 8.38. The molecule has 0 aliphatic rings. The van der Waals surface area contributed by atoms with Gasteiger partial charge >= 0.3 is 12.4 Å². The Morgan fingerprint density at radius 1 is 0.583 bits per heavy atom. The highest BCUT2D eigenvalue weighted by Gasteiger charge is 2.30. The quantitative estimate of drug-likeness (QED) is 0.206. The molecule has 3 rings (SSSR count). The van der Waals surface area contributed by atoms with Crippen molar-refractivity contribution in [2.45, 2.75) is 25.4 Å². The molecule has 4 nitrogen and oxygen atoms in total. The maximum Gasteiger partial charge on any atom is 0.416 e. The van der Waals surface area contributed by atoms with Gasteiger partial charge in [0.2, 0.25) is 0 Å². The van der Waals surface area contributed by atoms with Crippen LogP contribution in [-0.4, -0.2) is 10.2 Å². The van der Waals surface area contributed by atoms with Crippen LogP contribution in [0.2, 0.25) is 0 Å². The van der Waals surface area contributed by atoms with Crippen LogP contribution in [0.3, 0.4) is 0 Å². The molecule has 36 heavy (non-hydrogen) atoms. The molecule has 0 heterocycles. The summed E-state index contributed by atoms with van der Waals surface area (Å²) in [5.41, 5.74) is 1.15. The molecule has 12 heteroatoms. The molecule has 0 radical (unpaired) electrons. The van der Waals surface area contributed by atoms with Gasteiger partial charge in [-0.15, -0.1) is 0 Å². The summed E-state index contributed by atoms with van der Waals surface area (Å²) in [5.74, 6) is 0. The molecule has 0 aliphatic carbocycles. The smallest absolute Gasteiger partial charge is 0.358 e. The number of nitrogens with one attached hydrogen (secondary N) is 4. The van der Waals surface area contributed by atoms with Crippen LogP contribution >= 0.6 is 24.4 Å². The number of anilines is 2. The largest absolute Gasteiger partial charge is 0.416 e.